The van der Waals surface area contributed by atoms with Gasteiger partial charge in [-0.15, -0.1) is 0 Å². The molecule has 1 fully saturated rings. The Kier molecular flexibility index (Phi) is 8.40. The van der Waals surface area contributed by atoms with Crippen LogP contribution in [-0.4, -0.2) is 45.1 Å². The Hall–Kier alpha value is -1.05. The summed E-state index contributed by atoms with van der Waals surface area (Å²) in [6, 6.07) is 1.92. The van der Waals surface area contributed by atoms with Gasteiger partial charge in [-0.1, -0.05) is 6.92 Å². The third-order valence-corrected chi connectivity index (χ3v) is 6.77. The maximum absolute atomic E-state index is 12.1. The number of nitrogens with one attached hydrogen (secondary N) is 1. The minimum absolute atomic E-state index is 0.0574. The molecular weight excluding hydrogens is 381 g/mol. The van der Waals surface area contributed by atoms with Gasteiger partial charge >= 0.3 is 5.69 Å². The van der Waals surface area contributed by atoms with Crippen LogP contribution in [-0.2, 0) is 13.8 Å². The lowest BCUT2D eigenvalue weighted by Crippen LogP contribution is -2.35. The summed E-state index contributed by atoms with van der Waals surface area (Å²) in [7, 11) is -1.21. The molecule has 0 radical (unpaired) electrons. The van der Waals surface area contributed by atoms with Crippen molar-refractivity contribution in [2.75, 3.05) is 6.61 Å². The molecule has 8 nitrogen and oxygen atoms in total. The lowest BCUT2D eigenvalue weighted by Gasteiger charge is -2.36. The SMILES string of the molecule is CC(C)OP(OCC1C[C@H](C)C(n2ccc(=O)[nH]c2=O)O1)N(C(C)C)C(C)C. The zero-order chi connectivity index (χ0) is 21.0. The molecule has 2 rings (SSSR count). The maximum Gasteiger partial charge on any atom is 0.330 e. The van der Waals surface area contributed by atoms with Gasteiger partial charge in [-0.05, 0) is 48.0 Å². The molecule has 9 heteroatoms. The highest BCUT2D eigenvalue weighted by molar-refractivity contribution is 7.44. The quantitative estimate of drug-likeness (QED) is 0.623. The van der Waals surface area contributed by atoms with Gasteiger partial charge < -0.3 is 13.8 Å². The first-order valence-electron chi connectivity index (χ1n) is 9.95. The molecule has 1 aromatic rings. The van der Waals surface area contributed by atoms with Gasteiger partial charge in [0.2, 0.25) is 0 Å². The Morgan fingerprint density at radius 1 is 1.25 bits per heavy atom. The molecule has 1 aliphatic rings. The predicted molar refractivity (Wildman–Crippen MR) is 110 cm³/mol. The van der Waals surface area contributed by atoms with Crippen LogP contribution in [0.4, 0.5) is 0 Å². The Balaban J connectivity index is 2.05. The number of H-pyrrole nitrogens is 1. The summed E-state index contributed by atoms with van der Waals surface area (Å²) >= 11 is 0. The molecule has 1 saturated heterocycles. The number of aromatic amines is 1. The van der Waals surface area contributed by atoms with Crippen molar-refractivity contribution in [2.24, 2.45) is 5.92 Å². The van der Waals surface area contributed by atoms with E-state index in [1.807, 2.05) is 20.8 Å². The van der Waals surface area contributed by atoms with E-state index in [2.05, 4.69) is 37.3 Å². The van der Waals surface area contributed by atoms with Crippen molar-refractivity contribution < 1.29 is 13.8 Å². The molecule has 1 aliphatic heterocycles. The van der Waals surface area contributed by atoms with E-state index in [4.69, 9.17) is 13.8 Å². The highest BCUT2D eigenvalue weighted by atomic mass is 31.2. The molecule has 0 aromatic carbocycles. The standard InChI is InChI=1S/C19H34N3O5P/c1-12(2)22(13(3)4)28(27-14(5)6)25-11-16-10-15(7)18(26-16)21-9-8-17(23)20-19(21)24/h8-9,12-16,18H,10-11H2,1-7H3,(H,20,23,24)/t15-,16?,18?,28?/m0/s1. The van der Waals surface area contributed by atoms with Gasteiger partial charge in [0.05, 0.1) is 18.8 Å². The molecule has 28 heavy (non-hydrogen) atoms. The van der Waals surface area contributed by atoms with Gasteiger partial charge in [-0.3, -0.25) is 14.3 Å². The lowest BCUT2D eigenvalue weighted by atomic mass is 10.1. The van der Waals surface area contributed by atoms with E-state index >= 15 is 0 Å². The van der Waals surface area contributed by atoms with E-state index in [0.29, 0.717) is 18.7 Å². The molecule has 1 N–H and O–H groups in total. The Morgan fingerprint density at radius 2 is 1.89 bits per heavy atom. The van der Waals surface area contributed by atoms with E-state index in [1.54, 1.807) is 0 Å². The first kappa shape index (κ1) is 23.2. The molecule has 2 heterocycles. The fourth-order valence-corrected chi connectivity index (χ4v) is 5.16. The first-order chi connectivity index (χ1) is 13.1. The molecule has 0 saturated carbocycles. The van der Waals surface area contributed by atoms with Crippen molar-refractivity contribution in [1.82, 2.24) is 14.2 Å². The summed E-state index contributed by atoms with van der Waals surface area (Å²) < 4.78 is 22.1. The van der Waals surface area contributed by atoms with Crippen LogP contribution in [0.2, 0.25) is 0 Å². The van der Waals surface area contributed by atoms with Crippen molar-refractivity contribution in [1.29, 1.82) is 0 Å². The molecule has 0 aliphatic carbocycles. The van der Waals surface area contributed by atoms with Crippen LogP contribution in [0.1, 0.15) is 61.1 Å². The molecule has 160 valence electrons. The van der Waals surface area contributed by atoms with Crippen LogP contribution in [0, 0.1) is 5.92 Å². The third-order valence-electron chi connectivity index (χ3n) is 4.50. The van der Waals surface area contributed by atoms with Gasteiger partial charge in [0.25, 0.3) is 14.1 Å². The topological polar surface area (TPSA) is 85.8 Å². The van der Waals surface area contributed by atoms with E-state index in [1.165, 1.54) is 16.8 Å². The van der Waals surface area contributed by atoms with Gasteiger partial charge in [0.15, 0.2) is 0 Å². The van der Waals surface area contributed by atoms with Gasteiger partial charge in [-0.25, -0.2) is 9.46 Å². The molecular formula is C19H34N3O5P. The number of aromatic nitrogens is 2. The lowest BCUT2D eigenvalue weighted by molar-refractivity contribution is -0.0323. The van der Waals surface area contributed by atoms with E-state index in [-0.39, 0.29) is 18.1 Å². The summed E-state index contributed by atoms with van der Waals surface area (Å²) in [5.74, 6) is 0.126. The smallest absolute Gasteiger partial charge is 0.330 e. The van der Waals surface area contributed by atoms with Crippen molar-refractivity contribution >= 4 is 8.53 Å². The molecule has 4 atom stereocenters. The highest BCUT2D eigenvalue weighted by Crippen LogP contribution is 2.47. The number of hydrogen-bond donors (Lipinski definition) is 1. The molecule has 0 amide bonds. The Labute approximate surface area is 168 Å². The Morgan fingerprint density at radius 3 is 2.43 bits per heavy atom. The van der Waals surface area contributed by atoms with Crippen LogP contribution in [0.3, 0.4) is 0 Å². The third kappa shape index (κ3) is 5.97. The van der Waals surface area contributed by atoms with Crippen LogP contribution < -0.4 is 11.2 Å². The van der Waals surface area contributed by atoms with Crippen LogP contribution in [0.25, 0.3) is 0 Å². The first-order valence-corrected chi connectivity index (χ1v) is 11.1. The van der Waals surface area contributed by atoms with Gasteiger partial charge in [-0.2, -0.15) is 0 Å². The van der Waals surface area contributed by atoms with Crippen LogP contribution in [0.15, 0.2) is 21.9 Å². The number of rotatable bonds is 9. The normalized spacial score (nSPS) is 24.0. The highest BCUT2D eigenvalue weighted by Gasteiger charge is 2.36. The van der Waals surface area contributed by atoms with Crippen LogP contribution in [0.5, 0.6) is 0 Å². The average molecular weight is 415 g/mol. The van der Waals surface area contributed by atoms with Crippen molar-refractivity contribution in [3.63, 3.8) is 0 Å². The molecule has 0 bridgehead atoms. The average Bonchev–Trinajstić information content (AvgIpc) is 2.92. The Bertz CT molecular complexity index is 725. The van der Waals surface area contributed by atoms with Crippen molar-refractivity contribution in [3.8, 4) is 0 Å². The second-order valence-corrected chi connectivity index (χ2v) is 9.54. The summed E-state index contributed by atoms with van der Waals surface area (Å²) in [6.45, 7) is 15.0. The zero-order valence-electron chi connectivity index (χ0n) is 17.9. The van der Waals surface area contributed by atoms with Gasteiger partial charge in [0.1, 0.15) is 6.23 Å². The largest absolute Gasteiger partial charge is 0.352 e. The van der Waals surface area contributed by atoms with Crippen molar-refractivity contribution in [2.45, 2.75) is 85.4 Å². The minimum Gasteiger partial charge on any atom is -0.352 e. The van der Waals surface area contributed by atoms with E-state index in [0.717, 1.165) is 6.42 Å². The van der Waals surface area contributed by atoms with E-state index in [9.17, 15) is 9.59 Å². The second-order valence-electron chi connectivity index (χ2n) is 8.13. The summed E-state index contributed by atoms with van der Waals surface area (Å²) in [5.41, 5.74) is -0.868. The summed E-state index contributed by atoms with van der Waals surface area (Å²) in [4.78, 5) is 25.7. The predicted octanol–water partition coefficient (Wildman–Crippen LogP) is 3.25. The fraction of sp³-hybridized carbons (Fsp3) is 0.789. The molecule has 0 spiro atoms. The van der Waals surface area contributed by atoms with Crippen LogP contribution >= 0.6 is 8.53 Å². The zero-order valence-corrected chi connectivity index (χ0v) is 18.8. The fourth-order valence-electron chi connectivity index (χ4n) is 3.44. The van der Waals surface area contributed by atoms with E-state index < -0.39 is 26.0 Å². The minimum atomic E-state index is -1.21. The number of hydrogen-bond acceptors (Lipinski definition) is 6. The molecule has 1 aromatic heterocycles. The summed E-state index contributed by atoms with van der Waals surface area (Å²) in [5, 5.41) is 0. The number of ether oxygens (including phenoxy) is 1. The monoisotopic (exact) mass is 415 g/mol. The number of nitrogens with zero attached hydrogens (tertiary/aromatic N) is 2. The maximum atomic E-state index is 12.1. The second kappa shape index (κ2) is 10.1. The summed E-state index contributed by atoms with van der Waals surface area (Å²) in [6.07, 6.45) is 1.76. The van der Waals surface area contributed by atoms with Gasteiger partial charge in [0, 0.05) is 30.3 Å². The molecule has 3 unspecified atom stereocenters. The van der Waals surface area contributed by atoms with Crippen molar-refractivity contribution in [3.05, 3.63) is 33.1 Å².